The summed E-state index contributed by atoms with van der Waals surface area (Å²) in [6.07, 6.45) is 2.91. The van der Waals surface area contributed by atoms with Gasteiger partial charge in [0.2, 0.25) is 0 Å². The maximum Gasteiger partial charge on any atom is 0.141 e. The SMILES string of the molecule is CCNC(c1cncc(F)c1)c1cccc(Br)c1. The molecule has 1 atom stereocenters. The van der Waals surface area contributed by atoms with E-state index in [2.05, 4.69) is 26.2 Å². The molecule has 1 heterocycles. The van der Waals surface area contributed by atoms with Crippen LogP contribution in [0, 0.1) is 5.82 Å². The lowest BCUT2D eigenvalue weighted by atomic mass is 10.0. The summed E-state index contributed by atoms with van der Waals surface area (Å²) >= 11 is 3.45. The Kier molecular flexibility index (Phi) is 4.44. The summed E-state index contributed by atoms with van der Waals surface area (Å²) in [5.41, 5.74) is 1.91. The average molecular weight is 309 g/mol. The summed E-state index contributed by atoms with van der Waals surface area (Å²) < 4.78 is 14.3. The Labute approximate surface area is 114 Å². The van der Waals surface area contributed by atoms with Gasteiger partial charge in [-0.1, -0.05) is 35.0 Å². The van der Waals surface area contributed by atoms with Crippen LogP contribution in [0.1, 0.15) is 24.1 Å². The van der Waals surface area contributed by atoms with E-state index in [1.54, 1.807) is 6.20 Å². The molecule has 1 aromatic heterocycles. The highest BCUT2D eigenvalue weighted by atomic mass is 79.9. The zero-order chi connectivity index (χ0) is 13.0. The molecular weight excluding hydrogens is 295 g/mol. The molecular formula is C14H14BrFN2. The standard InChI is InChI=1S/C14H14BrFN2/c1-2-18-14(10-4-3-5-12(15)6-10)11-7-13(16)9-17-8-11/h3-9,14,18H,2H2,1H3. The molecule has 0 spiro atoms. The number of rotatable bonds is 4. The van der Waals surface area contributed by atoms with Crippen LogP contribution in [0.5, 0.6) is 0 Å². The predicted octanol–water partition coefficient (Wildman–Crippen LogP) is 3.68. The van der Waals surface area contributed by atoms with E-state index in [4.69, 9.17) is 0 Å². The zero-order valence-corrected chi connectivity index (χ0v) is 11.6. The monoisotopic (exact) mass is 308 g/mol. The minimum absolute atomic E-state index is 0.0456. The number of hydrogen-bond acceptors (Lipinski definition) is 2. The fourth-order valence-electron chi connectivity index (χ4n) is 1.90. The highest BCUT2D eigenvalue weighted by Crippen LogP contribution is 2.24. The average Bonchev–Trinajstić information content (AvgIpc) is 2.36. The first-order valence-electron chi connectivity index (χ1n) is 5.80. The maximum absolute atomic E-state index is 13.3. The zero-order valence-electron chi connectivity index (χ0n) is 10.0. The van der Waals surface area contributed by atoms with Crippen LogP contribution in [0.4, 0.5) is 4.39 Å². The predicted molar refractivity (Wildman–Crippen MR) is 73.9 cm³/mol. The Hall–Kier alpha value is -1.26. The van der Waals surface area contributed by atoms with Crippen molar-refractivity contribution in [1.29, 1.82) is 0 Å². The second kappa shape index (κ2) is 6.07. The molecule has 1 aromatic carbocycles. The number of hydrogen-bond donors (Lipinski definition) is 1. The highest BCUT2D eigenvalue weighted by Gasteiger charge is 2.14. The van der Waals surface area contributed by atoms with Crippen molar-refractivity contribution in [2.24, 2.45) is 0 Å². The van der Waals surface area contributed by atoms with Crippen molar-refractivity contribution in [2.45, 2.75) is 13.0 Å². The van der Waals surface area contributed by atoms with Crippen LogP contribution in [-0.2, 0) is 0 Å². The lowest BCUT2D eigenvalue weighted by Gasteiger charge is -2.18. The summed E-state index contributed by atoms with van der Waals surface area (Å²) in [7, 11) is 0. The third-order valence-corrected chi connectivity index (χ3v) is 3.14. The highest BCUT2D eigenvalue weighted by molar-refractivity contribution is 9.10. The van der Waals surface area contributed by atoms with Gasteiger partial charge in [-0.05, 0) is 35.9 Å². The minimum Gasteiger partial charge on any atom is -0.306 e. The van der Waals surface area contributed by atoms with Crippen molar-refractivity contribution in [3.63, 3.8) is 0 Å². The van der Waals surface area contributed by atoms with Crippen LogP contribution in [0.2, 0.25) is 0 Å². The molecule has 2 nitrogen and oxygen atoms in total. The molecule has 4 heteroatoms. The van der Waals surface area contributed by atoms with E-state index in [1.165, 1.54) is 12.3 Å². The lowest BCUT2D eigenvalue weighted by molar-refractivity contribution is 0.596. The molecule has 0 aliphatic rings. The topological polar surface area (TPSA) is 24.9 Å². The van der Waals surface area contributed by atoms with Crippen molar-refractivity contribution < 1.29 is 4.39 Å². The molecule has 0 amide bonds. The van der Waals surface area contributed by atoms with E-state index in [0.717, 1.165) is 22.1 Å². The quantitative estimate of drug-likeness (QED) is 0.932. The Morgan fingerprint density at radius 2 is 2.11 bits per heavy atom. The third-order valence-electron chi connectivity index (χ3n) is 2.65. The summed E-state index contributed by atoms with van der Waals surface area (Å²) in [5, 5.41) is 3.34. The number of aromatic nitrogens is 1. The summed E-state index contributed by atoms with van der Waals surface area (Å²) in [5.74, 6) is -0.314. The molecule has 2 rings (SSSR count). The molecule has 0 aliphatic carbocycles. The van der Waals surface area contributed by atoms with Gasteiger partial charge in [0, 0.05) is 10.7 Å². The van der Waals surface area contributed by atoms with Gasteiger partial charge in [0.15, 0.2) is 0 Å². The van der Waals surface area contributed by atoms with Gasteiger partial charge >= 0.3 is 0 Å². The van der Waals surface area contributed by atoms with Crippen LogP contribution in [-0.4, -0.2) is 11.5 Å². The van der Waals surface area contributed by atoms with Crippen molar-refractivity contribution in [3.8, 4) is 0 Å². The molecule has 0 fully saturated rings. The summed E-state index contributed by atoms with van der Waals surface area (Å²) in [4.78, 5) is 3.91. The first kappa shape index (κ1) is 13.2. The molecule has 0 aliphatic heterocycles. The van der Waals surface area contributed by atoms with E-state index < -0.39 is 0 Å². The Morgan fingerprint density at radius 3 is 2.78 bits per heavy atom. The largest absolute Gasteiger partial charge is 0.306 e. The Morgan fingerprint density at radius 1 is 1.28 bits per heavy atom. The van der Waals surface area contributed by atoms with Crippen molar-refractivity contribution in [1.82, 2.24) is 10.3 Å². The lowest BCUT2D eigenvalue weighted by Crippen LogP contribution is -2.22. The minimum atomic E-state index is -0.314. The fraction of sp³-hybridized carbons (Fsp3) is 0.214. The van der Waals surface area contributed by atoms with Crippen LogP contribution < -0.4 is 5.32 Å². The normalized spacial score (nSPS) is 12.4. The van der Waals surface area contributed by atoms with Gasteiger partial charge in [0.1, 0.15) is 5.82 Å². The maximum atomic E-state index is 13.3. The smallest absolute Gasteiger partial charge is 0.141 e. The van der Waals surface area contributed by atoms with Gasteiger partial charge in [-0.15, -0.1) is 0 Å². The van der Waals surface area contributed by atoms with Gasteiger partial charge in [0.05, 0.1) is 12.2 Å². The number of nitrogens with zero attached hydrogens (tertiary/aromatic N) is 1. The van der Waals surface area contributed by atoms with Crippen molar-refractivity contribution >= 4 is 15.9 Å². The van der Waals surface area contributed by atoms with Gasteiger partial charge in [-0.25, -0.2) is 4.39 Å². The second-order valence-electron chi connectivity index (χ2n) is 3.98. The van der Waals surface area contributed by atoms with Crippen molar-refractivity contribution in [2.75, 3.05) is 6.54 Å². The van der Waals surface area contributed by atoms with Gasteiger partial charge < -0.3 is 5.32 Å². The van der Waals surface area contributed by atoms with E-state index in [0.29, 0.717) is 0 Å². The molecule has 1 N–H and O–H groups in total. The first-order chi connectivity index (χ1) is 8.70. The molecule has 0 saturated carbocycles. The molecule has 1 unspecified atom stereocenters. The van der Waals surface area contributed by atoms with Gasteiger partial charge in [-0.2, -0.15) is 0 Å². The van der Waals surface area contributed by atoms with Crippen LogP contribution in [0.25, 0.3) is 0 Å². The Balaban J connectivity index is 2.39. The summed E-state index contributed by atoms with van der Waals surface area (Å²) in [6.45, 7) is 2.82. The number of halogens is 2. The molecule has 2 aromatic rings. The van der Waals surface area contributed by atoms with E-state index in [9.17, 15) is 4.39 Å². The fourth-order valence-corrected chi connectivity index (χ4v) is 2.32. The second-order valence-corrected chi connectivity index (χ2v) is 4.90. The van der Waals surface area contributed by atoms with Gasteiger partial charge in [-0.3, -0.25) is 4.98 Å². The molecule has 0 radical (unpaired) electrons. The Bertz CT molecular complexity index is 485. The van der Waals surface area contributed by atoms with E-state index in [-0.39, 0.29) is 11.9 Å². The first-order valence-corrected chi connectivity index (χ1v) is 6.59. The molecule has 94 valence electrons. The van der Waals surface area contributed by atoms with Crippen LogP contribution in [0.3, 0.4) is 0 Å². The number of pyridine rings is 1. The van der Waals surface area contributed by atoms with E-state index >= 15 is 0 Å². The molecule has 0 bridgehead atoms. The van der Waals surface area contributed by atoms with E-state index in [1.807, 2.05) is 31.2 Å². The summed E-state index contributed by atoms with van der Waals surface area (Å²) in [6, 6.07) is 9.45. The van der Waals surface area contributed by atoms with Crippen LogP contribution in [0.15, 0.2) is 47.2 Å². The number of nitrogens with one attached hydrogen (secondary N) is 1. The van der Waals surface area contributed by atoms with Gasteiger partial charge in [0.25, 0.3) is 0 Å². The third kappa shape index (κ3) is 3.15. The van der Waals surface area contributed by atoms with Crippen LogP contribution >= 0.6 is 15.9 Å². The molecule has 18 heavy (non-hydrogen) atoms. The number of benzene rings is 1. The molecule has 0 saturated heterocycles. The van der Waals surface area contributed by atoms with Crippen molar-refractivity contribution in [3.05, 3.63) is 64.1 Å².